The average Bonchev–Trinajstić information content (AvgIpc) is 2.77. The van der Waals surface area contributed by atoms with E-state index in [4.69, 9.17) is 4.74 Å². The van der Waals surface area contributed by atoms with Gasteiger partial charge in [-0.1, -0.05) is 18.2 Å². The van der Waals surface area contributed by atoms with E-state index >= 15 is 0 Å². The maximum absolute atomic E-state index is 5.78. The van der Waals surface area contributed by atoms with Gasteiger partial charge in [0.15, 0.2) is 0 Å². The van der Waals surface area contributed by atoms with Crippen LogP contribution in [0.4, 0.5) is 0 Å². The van der Waals surface area contributed by atoms with Crippen LogP contribution in [0.15, 0.2) is 53.3 Å². The average molecular weight is 331 g/mol. The fraction of sp³-hybridized carbons (Fsp3) is 0.188. The van der Waals surface area contributed by atoms with E-state index in [0.717, 1.165) is 28.1 Å². The number of rotatable bonds is 4. The Balaban J connectivity index is 1.71. The molecule has 4 heteroatoms. The molecule has 0 saturated heterocycles. The maximum atomic E-state index is 5.78. The maximum Gasteiger partial charge on any atom is 0.132 e. The molecule has 0 spiro atoms. The normalized spacial score (nSPS) is 10.9. The van der Waals surface area contributed by atoms with Gasteiger partial charge in [-0.15, -0.1) is 0 Å². The number of hydrogen-bond donors (Lipinski definition) is 0. The standard InChI is InChI=1S/C16H15BrN2O/c1-12-5-4-6-13(11-12)20-10-8-15-18-16(17)14-7-2-3-9-19(14)15/h2-7,9,11H,8,10H2,1H3. The van der Waals surface area contributed by atoms with Crippen molar-refractivity contribution in [2.45, 2.75) is 13.3 Å². The molecule has 0 N–H and O–H groups in total. The van der Waals surface area contributed by atoms with Crippen LogP contribution in [0.3, 0.4) is 0 Å². The number of ether oxygens (including phenoxy) is 1. The number of aryl methyl sites for hydroxylation is 1. The van der Waals surface area contributed by atoms with Crippen LogP contribution in [-0.4, -0.2) is 16.0 Å². The van der Waals surface area contributed by atoms with Crippen molar-refractivity contribution < 1.29 is 4.74 Å². The molecule has 0 unspecified atom stereocenters. The molecule has 3 nitrogen and oxygen atoms in total. The molecule has 0 amide bonds. The van der Waals surface area contributed by atoms with E-state index in [1.54, 1.807) is 0 Å². The van der Waals surface area contributed by atoms with Gasteiger partial charge in [0.25, 0.3) is 0 Å². The number of fused-ring (bicyclic) bond motifs is 1. The molecule has 2 heterocycles. The predicted molar refractivity (Wildman–Crippen MR) is 83.3 cm³/mol. The minimum absolute atomic E-state index is 0.615. The number of halogens is 1. The van der Waals surface area contributed by atoms with Gasteiger partial charge in [-0.05, 0) is 52.7 Å². The van der Waals surface area contributed by atoms with E-state index < -0.39 is 0 Å². The zero-order chi connectivity index (χ0) is 13.9. The van der Waals surface area contributed by atoms with Crippen molar-refractivity contribution in [1.82, 2.24) is 9.38 Å². The Hall–Kier alpha value is -1.81. The molecule has 0 aliphatic heterocycles. The smallest absolute Gasteiger partial charge is 0.132 e. The van der Waals surface area contributed by atoms with E-state index in [0.29, 0.717) is 6.61 Å². The molecule has 0 aliphatic carbocycles. The van der Waals surface area contributed by atoms with E-state index in [-0.39, 0.29) is 0 Å². The second-order valence-electron chi connectivity index (χ2n) is 4.69. The Morgan fingerprint density at radius 1 is 1.20 bits per heavy atom. The van der Waals surface area contributed by atoms with E-state index in [2.05, 4.69) is 38.3 Å². The third-order valence-electron chi connectivity index (χ3n) is 3.16. The van der Waals surface area contributed by atoms with Crippen LogP contribution < -0.4 is 4.74 Å². The van der Waals surface area contributed by atoms with Gasteiger partial charge in [0, 0.05) is 12.6 Å². The minimum atomic E-state index is 0.615. The first-order chi connectivity index (χ1) is 9.74. The summed E-state index contributed by atoms with van der Waals surface area (Å²) in [7, 11) is 0. The fourth-order valence-electron chi connectivity index (χ4n) is 2.20. The van der Waals surface area contributed by atoms with Gasteiger partial charge < -0.3 is 9.14 Å². The SMILES string of the molecule is Cc1cccc(OCCc2nc(Br)c3ccccn23)c1. The monoisotopic (exact) mass is 330 g/mol. The highest BCUT2D eigenvalue weighted by atomic mass is 79.9. The molecular weight excluding hydrogens is 316 g/mol. The van der Waals surface area contributed by atoms with Crippen molar-refractivity contribution in [1.29, 1.82) is 0 Å². The first kappa shape index (κ1) is 13.2. The predicted octanol–water partition coefficient (Wildman–Crippen LogP) is 4.03. The summed E-state index contributed by atoms with van der Waals surface area (Å²) in [6.45, 7) is 2.68. The Morgan fingerprint density at radius 2 is 2.10 bits per heavy atom. The quantitative estimate of drug-likeness (QED) is 0.722. The summed E-state index contributed by atoms with van der Waals surface area (Å²) in [4.78, 5) is 4.54. The van der Waals surface area contributed by atoms with Crippen molar-refractivity contribution in [2.24, 2.45) is 0 Å². The number of aromatic nitrogens is 2. The number of hydrogen-bond acceptors (Lipinski definition) is 2. The summed E-state index contributed by atoms with van der Waals surface area (Å²) < 4.78 is 8.75. The van der Waals surface area contributed by atoms with Crippen LogP contribution in [0.1, 0.15) is 11.4 Å². The van der Waals surface area contributed by atoms with Crippen molar-refractivity contribution >= 4 is 21.4 Å². The summed E-state index contributed by atoms with van der Waals surface area (Å²) >= 11 is 3.49. The number of imidazole rings is 1. The second kappa shape index (κ2) is 5.67. The fourth-order valence-corrected chi connectivity index (χ4v) is 2.73. The highest BCUT2D eigenvalue weighted by Crippen LogP contribution is 2.19. The van der Waals surface area contributed by atoms with Crippen molar-refractivity contribution in [3.8, 4) is 5.75 Å². The zero-order valence-corrected chi connectivity index (χ0v) is 12.8. The van der Waals surface area contributed by atoms with Gasteiger partial charge in [-0.2, -0.15) is 0 Å². The second-order valence-corrected chi connectivity index (χ2v) is 5.44. The molecule has 20 heavy (non-hydrogen) atoms. The van der Waals surface area contributed by atoms with E-state index in [1.165, 1.54) is 5.56 Å². The van der Waals surface area contributed by atoms with Gasteiger partial charge >= 0.3 is 0 Å². The third-order valence-corrected chi connectivity index (χ3v) is 3.74. The molecule has 3 aromatic rings. The summed E-state index contributed by atoms with van der Waals surface area (Å²) in [5.41, 5.74) is 2.29. The van der Waals surface area contributed by atoms with Crippen LogP contribution in [0.25, 0.3) is 5.52 Å². The summed E-state index contributed by atoms with van der Waals surface area (Å²) in [5, 5.41) is 0. The number of benzene rings is 1. The lowest BCUT2D eigenvalue weighted by molar-refractivity contribution is 0.318. The first-order valence-electron chi connectivity index (χ1n) is 6.55. The molecule has 0 saturated carbocycles. The summed E-state index contributed by atoms with van der Waals surface area (Å²) in [5.74, 6) is 1.91. The molecule has 1 aromatic carbocycles. The molecule has 3 rings (SSSR count). The van der Waals surface area contributed by atoms with Crippen LogP contribution in [0.2, 0.25) is 0 Å². The van der Waals surface area contributed by atoms with Crippen LogP contribution in [-0.2, 0) is 6.42 Å². The lowest BCUT2D eigenvalue weighted by atomic mass is 10.2. The Bertz CT molecular complexity index is 736. The van der Waals surface area contributed by atoms with Gasteiger partial charge in [0.1, 0.15) is 16.2 Å². The number of pyridine rings is 1. The summed E-state index contributed by atoms with van der Waals surface area (Å²) in [6.07, 6.45) is 2.79. The van der Waals surface area contributed by atoms with Crippen LogP contribution in [0, 0.1) is 6.92 Å². The highest BCUT2D eigenvalue weighted by Gasteiger charge is 2.08. The molecule has 0 aliphatic rings. The molecule has 0 atom stereocenters. The van der Waals surface area contributed by atoms with Gasteiger partial charge in [0.2, 0.25) is 0 Å². The molecule has 0 bridgehead atoms. The zero-order valence-electron chi connectivity index (χ0n) is 11.2. The molecule has 2 aromatic heterocycles. The van der Waals surface area contributed by atoms with Crippen molar-refractivity contribution in [3.05, 3.63) is 64.7 Å². The summed E-state index contributed by atoms with van der Waals surface area (Å²) in [6, 6.07) is 14.1. The lowest BCUT2D eigenvalue weighted by Crippen LogP contribution is -2.04. The van der Waals surface area contributed by atoms with Crippen LogP contribution >= 0.6 is 15.9 Å². The molecule has 0 fully saturated rings. The Labute approximate surface area is 126 Å². The minimum Gasteiger partial charge on any atom is -0.493 e. The van der Waals surface area contributed by atoms with Crippen molar-refractivity contribution in [2.75, 3.05) is 6.61 Å². The van der Waals surface area contributed by atoms with Gasteiger partial charge in [0.05, 0.1) is 12.1 Å². The van der Waals surface area contributed by atoms with Crippen molar-refractivity contribution in [3.63, 3.8) is 0 Å². The topological polar surface area (TPSA) is 26.5 Å². The number of nitrogens with zero attached hydrogens (tertiary/aromatic N) is 2. The first-order valence-corrected chi connectivity index (χ1v) is 7.34. The van der Waals surface area contributed by atoms with Crippen LogP contribution in [0.5, 0.6) is 5.75 Å². The van der Waals surface area contributed by atoms with Gasteiger partial charge in [-0.3, -0.25) is 0 Å². The lowest BCUT2D eigenvalue weighted by Gasteiger charge is -2.06. The largest absolute Gasteiger partial charge is 0.493 e. The third kappa shape index (κ3) is 2.70. The van der Waals surface area contributed by atoms with Gasteiger partial charge in [-0.25, -0.2) is 4.98 Å². The Morgan fingerprint density at radius 3 is 2.95 bits per heavy atom. The van der Waals surface area contributed by atoms with E-state index in [9.17, 15) is 0 Å². The molecule has 102 valence electrons. The molecular formula is C16H15BrN2O. The molecule has 0 radical (unpaired) electrons. The van der Waals surface area contributed by atoms with E-state index in [1.807, 2.05) is 42.6 Å². The highest BCUT2D eigenvalue weighted by molar-refractivity contribution is 9.10. The Kier molecular flexibility index (Phi) is 3.74.